The van der Waals surface area contributed by atoms with Gasteiger partial charge in [0, 0.05) is 22.2 Å². The average molecular weight is 287 g/mol. The molecule has 0 saturated heterocycles. The summed E-state index contributed by atoms with van der Waals surface area (Å²) < 4.78 is 1.42. The molecule has 1 fully saturated rings. The summed E-state index contributed by atoms with van der Waals surface area (Å²) in [5.74, 6) is 0. The van der Waals surface area contributed by atoms with Crippen molar-refractivity contribution in [1.29, 1.82) is 0 Å². The zero-order valence-electron chi connectivity index (χ0n) is 12.8. The second-order valence-corrected chi connectivity index (χ2v) is 7.52. The standard InChI is InChI=1S/C18H25NS/c1-4-9-18(10-11-18)12-19-14(3)17-13(2)15-7-5-6-8-16(15)20-17/h5-8,14,19H,4,9-12H2,1-3H3. The Kier molecular flexibility index (Phi) is 3.87. The van der Waals surface area contributed by atoms with Crippen molar-refractivity contribution in [2.45, 2.75) is 52.5 Å². The molecule has 1 aliphatic rings. The monoisotopic (exact) mass is 287 g/mol. The normalized spacial score (nSPS) is 18.4. The van der Waals surface area contributed by atoms with Crippen LogP contribution in [0.4, 0.5) is 0 Å². The number of hydrogen-bond donors (Lipinski definition) is 1. The van der Waals surface area contributed by atoms with Crippen molar-refractivity contribution in [1.82, 2.24) is 5.32 Å². The quantitative estimate of drug-likeness (QED) is 0.746. The lowest BCUT2D eigenvalue weighted by atomic mass is 10.00. The number of rotatable bonds is 6. The van der Waals surface area contributed by atoms with E-state index >= 15 is 0 Å². The predicted octanol–water partition coefficient (Wildman–Crippen LogP) is 5.44. The summed E-state index contributed by atoms with van der Waals surface area (Å²) in [6, 6.07) is 9.24. The Morgan fingerprint density at radius 1 is 1.30 bits per heavy atom. The molecule has 1 aromatic carbocycles. The maximum atomic E-state index is 3.80. The van der Waals surface area contributed by atoms with Gasteiger partial charge < -0.3 is 5.32 Å². The average Bonchev–Trinajstić information content (AvgIpc) is 3.14. The molecule has 1 saturated carbocycles. The van der Waals surface area contributed by atoms with Gasteiger partial charge in [-0.25, -0.2) is 0 Å². The highest BCUT2D eigenvalue weighted by molar-refractivity contribution is 7.19. The van der Waals surface area contributed by atoms with Gasteiger partial charge in [0.15, 0.2) is 0 Å². The van der Waals surface area contributed by atoms with Crippen molar-refractivity contribution < 1.29 is 0 Å². The number of hydrogen-bond acceptors (Lipinski definition) is 2. The molecule has 1 nitrogen and oxygen atoms in total. The van der Waals surface area contributed by atoms with Crippen molar-refractivity contribution in [2.75, 3.05) is 6.54 Å². The van der Waals surface area contributed by atoms with E-state index in [0.29, 0.717) is 11.5 Å². The first kappa shape index (κ1) is 14.1. The molecule has 1 aliphatic carbocycles. The van der Waals surface area contributed by atoms with Crippen LogP contribution in [0.25, 0.3) is 10.1 Å². The van der Waals surface area contributed by atoms with Gasteiger partial charge >= 0.3 is 0 Å². The molecule has 3 rings (SSSR count). The molecule has 0 aliphatic heterocycles. The van der Waals surface area contributed by atoms with E-state index in [0.717, 1.165) is 0 Å². The topological polar surface area (TPSA) is 12.0 Å². The van der Waals surface area contributed by atoms with Gasteiger partial charge in [-0.2, -0.15) is 0 Å². The van der Waals surface area contributed by atoms with Crippen molar-refractivity contribution >= 4 is 21.4 Å². The van der Waals surface area contributed by atoms with Crippen molar-refractivity contribution in [3.63, 3.8) is 0 Å². The molecule has 0 spiro atoms. The maximum absolute atomic E-state index is 3.80. The van der Waals surface area contributed by atoms with Crippen molar-refractivity contribution in [3.8, 4) is 0 Å². The van der Waals surface area contributed by atoms with Crippen LogP contribution in [0.2, 0.25) is 0 Å². The molecule has 1 unspecified atom stereocenters. The van der Waals surface area contributed by atoms with Gasteiger partial charge in [0.05, 0.1) is 0 Å². The van der Waals surface area contributed by atoms with Crippen molar-refractivity contribution in [2.24, 2.45) is 5.41 Å². The fourth-order valence-corrected chi connectivity index (χ4v) is 4.53. The first-order valence-corrected chi connectivity index (χ1v) is 8.68. The van der Waals surface area contributed by atoms with Crippen LogP contribution in [-0.4, -0.2) is 6.54 Å². The van der Waals surface area contributed by atoms with E-state index in [1.807, 2.05) is 11.3 Å². The fraction of sp³-hybridized carbons (Fsp3) is 0.556. The zero-order valence-corrected chi connectivity index (χ0v) is 13.6. The number of fused-ring (bicyclic) bond motifs is 1. The summed E-state index contributed by atoms with van der Waals surface area (Å²) in [7, 11) is 0. The molecule has 0 amide bonds. The molecule has 2 heteroatoms. The van der Waals surface area contributed by atoms with E-state index in [9.17, 15) is 0 Å². The van der Waals surface area contributed by atoms with Gasteiger partial charge in [-0.05, 0) is 55.5 Å². The van der Waals surface area contributed by atoms with E-state index in [1.165, 1.54) is 52.8 Å². The molecule has 0 bridgehead atoms. The Bertz CT molecular complexity index is 594. The molecule has 108 valence electrons. The minimum absolute atomic E-state index is 0.474. The first-order valence-electron chi connectivity index (χ1n) is 7.87. The third-order valence-corrected chi connectivity index (χ3v) is 6.25. The second kappa shape index (κ2) is 5.50. The van der Waals surface area contributed by atoms with Crippen LogP contribution in [-0.2, 0) is 0 Å². The van der Waals surface area contributed by atoms with E-state index in [1.54, 1.807) is 0 Å². The van der Waals surface area contributed by atoms with E-state index in [2.05, 4.69) is 50.4 Å². The second-order valence-electron chi connectivity index (χ2n) is 6.44. The van der Waals surface area contributed by atoms with Crippen molar-refractivity contribution in [3.05, 3.63) is 34.7 Å². The van der Waals surface area contributed by atoms with Gasteiger partial charge in [0.25, 0.3) is 0 Å². The van der Waals surface area contributed by atoms with Gasteiger partial charge in [0.2, 0.25) is 0 Å². The first-order chi connectivity index (χ1) is 9.65. The van der Waals surface area contributed by atoms with E-state index < -0.39 is 0 Å². The Morgan fingerprint density at radius 3 is 2.70 bits per heavy atom. The van der Waals surface area contributed by atoms with E-state index in [4.69, 9.17) is 0 Å². The molecule has 1 heterocycles. The van der Waals surface area contributed by atoms with Crippen LogP contribution in [0.3, 0.4) is 0 Å². The Labute approximate surface area is 126 Å². The summed E-state index contributed by atoms with van der Waals surface area (Å²) in [4.78, 5) is 1.51. The van der Waals surface area contributed by atoms with Gasteiger partial charge in [-0.1, -0.05) is 31.5 Å². The highest BCUT2D eigenvalue weighted by Gasteiger charge is 2.41. The molecule has 1 aromatic heterocycles. The Morgan fingerprint density at radius 2 is 2.05 bits per heavy atom. The SMILES string of the molecule is CCCC1(CNC(C)c2sc3ccccc3c2C)CC1. The van der Waals surface area contributed by atoms with Crippen LogP contribution in [0.1, 0.15) is 56.0 Å². The van der Waals surface area contributed by atoms with E-state index in [-0.39, 0.29) is 0 Å². The molecule has 20 heavy (non-hydrogen) atoms. The largest absolute Gasteiger partial charge is 0.309 e. The van der Waals surface area contributed by atoms with Crippen LogP contribution < -0.4 is 5.32 Å². The summed E-state index contributed by atoms with van der Waals surface area (Å²) in [6.45, 7) is 8.08. The third-order valence-electron chi connectivity index (χ3n) is 4.79. The predicted molar refractivity (Wildman–Crippen MR) is 89.6 cm³/mol. The number of benzene rings is 1. The molecule has 1 atom stereocenters. The lowest BCUT2D eigenvalue weighted by Gasteiger charge is -2.19. The molecular formula is C18H25NS. The van der Waals surface area contributed by atoms with Gasteiger partial charge in [-0.15, -0.1) is 11.3 Å². The maximum Gasteiger partial charge on any atom is 0.0389 e. The molecule has 1 N–H and O–H groups in total. The molecule has 2 aromatic rings. The minimum atomic E-state index is 0.474. The summed E-state index contributed by atoms with van der Waals surface area (Å²) >= 11 is 1.95. The smallest absolute Gasteiger partial charge is 0.0389 e. The Balaban J connectivity index is 1.72. The van der Waals surface area contributed by atoms with Gasteiger partial charge in [-0.3, -0.25) is 0 Å². The lowest BCUT2D eigenvalue weighted by molar-refractivity contribution is 0.399. The molecular weight excluding hydrogens is 262 g/mol. The number of aryl methyl sites for hydroxylation is 1. The van der Waals surface area contributed by atoms with Crippen LogP contribution in [0.15, 0.2) is 24.3 Å². The highest BCUT2D eigenvalue weighted by Crippen LogP contribution is 2.49. The minimum Gasteiger partial charge on any atom is -0.309 e. The van der Waals surface area contributed by atoms with Crippen LogP contribution in [0.5, 0.6) is 0 Å². The highest BCUT2D eigenvalue weighted by atomic mass is 32.1. The van der Waals surface area contributed by atoms with Gasteiger partial charge in [0.1, 0.15) is 0 Å². The van der Waals surface area contributed by atoms with Crippen LogP contribution >= 0.6 is 11.3 Å². The summed E-state index contributed by atoms with van der Waals surface area (Å²) in [6.07, 6.45) is 5.55. The van der Waals surface area contributed by atoms with Crippen LogP contribution in [0, 0.1) is 12.3 Å². The lowest BCUT2D eigenvalue weighted by Crippen LogP contribution is -2.26. The molecule has 0 radical (unpaired) electrons. The Hall–Kier alpha value is -0.860. The fourth-order valence-electron chi connectivity index (χ4n) is 3.29. The summed E-state index contributed by atoms with van der Waals surface area (Å²) in [5.41, 5.74) is 2.10. The zero-order chi connectivity index (χ0) is 14.2. The summed E-state index contributed by atoms with van der Waals surface area (Å²) in [5, 5.41) is 5.23. The number of thiophene rings is 1. The third kappa shape index (κ3) is 2.64. The number of nitrogens with one attached hydrogen (secondary N) is 1.